The lowest BCUT2D eigenvalue weighted by Gasteiger charge is -2.20. The molecule has 0 unspecified atom stereocenters. The molecule has 0 spiro atoms. The van der Waals surface area contributed by atoms with Crippen LogP contribution in [0.25, 0.3) is 0 Å². The molecule has 1 heterocycles. The first kappa shape index (κ1) is 15.9. The Bertz CT molecular complexity index is 704. The van der Waals surface area contributed by atoms with Crippen LogP contribution in [-0.2, 0) is 16.6 Å². The number of nitrogens with zero attached hydrogens (tertiary/aromatic N) is 1. The van der Waals surface area contributed by atoms with Crippen molar-refractivity contribution in [1.82, 2.24) is 4.31 Å². The number of benzene rings is 1. The zero-order valence-corrected chi connectivity index (χ0v) is 13.5. The van der Waals surface area contributed by atoms with Crippen LogP contribution < -0.4 is 5.73 Å². The minimum Gasteiger partial charge on any atom is -0.398 e. The normalized spacial score (nSPS) is 12.0. The van der Waals surface area contributed by atoms with Crippen molar-refractivity contribution < 1.29 is 12.8 Å². The molecule has 1 aromatic carbocycles. The summed E-state index contributed by atoms with van der Waals surface area (Å²) in [5.74, 6) is -0.610. The minimum absolute atomic E-state index is 0.110. The molecule has 0 saturated carbocycles. The summed E-state index contributed by atoms with van der Waals surface area (Å²) in [5, 5.41) is 1.89. The average Bonchev–Trinajstić information content (AvgIpc) is 2.94. The summed E-state index contributed by atoms with van der Waals surface area (Å²) in [6.45, 7) is 3.84. The zero-order valence-electron chi connectivity index (χ0n) is 11.8. The molecule has 0 atom stereocenters. The molecule has 114 valence electrons. The molecule has 0 amide bonds. The Morgan fingerprint density at radius 2 is 2.10 bits per heavy atom. The van der Waals surface area contributed by atoms with Crippen LogP contribution >= 0.6 is 11.3 Å². The van der Waals surface area contributed by atoms with Crippen LogP contribution in [-0.4, -0.2) is 19.3 Å². The van der Waals surface area contributed by atoms with E-state index in [4.69, 9.17) is 5.73 Å². The first-order chi connectivity index (χ1) is 9.86. The average molecular weight is 328 g/mol. The molecular weight excluding hydrogens is 311 g/mol. The third-order valence-corrected chi connectivity index (χ3v) is 6.02. The lowest BCUT2D eigenvalue weighted by molar-refractivity contribution is 0.426. The van der Waals surface area contributed by atoms with Crippen LogP contribution in [0.1, 0.15) is 17.4 Å². The van der Waals surface area contributed by atoms with Gasteiger partial charge in [0.05, 0.1) is 4.90 Å². The summed E-state index contributed by atoms with van der Waals surface area (Å²) in [6.07, 6.45) is 0. The Balaban J connectivity index is 2.39. The fourth-order valence-electron chi connectivity index (χ4n) is 1.92. The molecule has 0 saturated heterocycles. The lowest BCUT2D eigenvalue weighted by Crippen LogP contribution is -2.30. The van der Waals surface area contributed by atoms with E-state index >= 15 is 0 Å². The quantitative estimate of drug-likeness (QED) is 0.858. The van der Waals surface area contributed by atoms with Gasteiger partial charge in [-0.2, -0.15) is 4.31 Å². The number of thiophene rings is 1. The predicted molar refractivity (Wildman–Crippen MR) is 83.1 cm³/mol. The summed E-state index contributed by atoms with van der Waals surface area (Å²) in [4.78, 5) is 0.822. The largest absolute Gasteiger partial charge is 0.398 e. The third kappa shape index (κ3) is 3.25. The molecule has 21 heavy (non-hydrogen) atoms. The maximum absolute atomic E-state index is 13.8. The Kier molecular flexibility index (Phi) is 4.65. The van der Waals surface area contributed by atoms with Crippen molar-refractivity contribution >= 4 is 27.0 Å². The van der Waals surface area contributed by atoms with Crippen LogP contribution in [0.4, 0.5) is 10.1 Å². The topological polar surface area (TPSA) is 63.4 Å². The van der Waals surface area contributed by atoms with Gasteiger partial charge in [0.25, 0.3) is 0 Å². The van der Waals surface area contributed by atoms with Crippen molar-refractivity contribution in [2.75, 3.05) is 12.3 Å². The van der Waals surface area contributed by atoms with E-state index < -0.39 is 15.8 Å². The molecule has 0 aliphatic rings. The molecule has 7 heteroatoms. The van der Waals surface area contributed by atoms with Crippen molar-refractivity contribution in [3.8, 4) is 0 Å². The van der Waals surface area contributed by atoms with E-state index in [2.05, 4.69) is 0 Å². The van der Waals surface area contributed by atoms with Crippen LogP contribution in [0.15, 0.2) is 34.5 Å². The van der Waals surface area contributed by atoms with Gasteiger partial charge in [-0.15, -0.1) is 11.3 Å². The molecule has 0 bridgehead atoms. The first-order valence-electron chi connectivity index (χ1n) is 6.44. The Labute approximate surface area is 128 Å². The molecule has 0 fully saturated rings. The minimum atomic E-state index is -3.77. The number of rotatable bonds is 5. The molecule has 1 aromatic heterocycles. The Hall–Kier alpha value is -1.44. The van der Waals surface area contributed by atoms with Crippen LogP contribution in [0.5, 0.6) is 0 Å². The standard InChI is InChI=1S/C14H17FN2O2S2/c1-3-17(9-11-5-4-6-20-11)21(18,19)12-7-13(15)10(2)14(16)8-12/h4-8H,3,9,16H2,1-2H3. The maximum Gasteiger partial charge on any atom is 0.243 e. The number of anilines is 1. The van der Waals surface area contributed by atoms with Crippen molar-refractivity contribution in [2.24, 2.45) is 0 Å². The first-order valence-corrected chi connectivity index (χ1v) is 8.76. The second kappa shape index (κ2) is 6.13. The third-order valence-electron chi connectivity index (χ3n) is 3.26. The maximum atomic E-state index is 13.8. The van der Waals surface area contributed by atoms with Crippen molar-refractivity contribution in [3.63, 3.8) is 0 Å². The summed E-state index contributed by atoms with van der Waals surface area (Å²) >= 11 is 1.48. The van der Waals surface area contributed by atoms with Gasteiger partial charge < -0.3 is 5.73 Å². The van der Waals surface area contributed by atoms with E-state index in [-0.39, 0.29) is 22.7 Å². The number of nitrogens with two attached hydrogens (primary N) is 1. The zero-order chi connectivity index (χ0) is 15.6. The van der Waals surface area contributed by atoms with Gasteiger partial charge >= 0.3 is 0 Å². The molecule has 4 nitrogen and oxygen atoms in total. The fourth-order valence-corrected chi connectivity index (χ4v) is 4.19. The van der Waals surface area contributed by atoms with Crippen LogP contribution in [0.3, 0.4) is 0 Å². The van der Waals surface area contributed by atoms with Crippen molar-refractivity contribution in [1.29, 1.82) is 0 Å². The van der Waals surface area contributed by atoms with Gasteiger partial charge in [-0.1, -0.05) is 13.0 Å². The molecule has 0 radical (unpaired) electrons. The van der Waals surface area contributed by atoms with Gasteiger partial charge in [0, 0.05) is 29.2 Å². The highest BCUT2D eigenvalue weighted by atomic mass is 32.2. The number of hydrogen-bond acceptors (Lipinski definition) is 4. The summed E-state index contributed by atoms with van der Waals surface area (Å²) in [7, 11) is -3.77. The molecule has 0 aliphatic carbocycles. The Morgan fingerprint density at radius 1 is 1.38 bits per heavy atom. The monoisotopic (exact) mass is 328 g/mol. The van der Waals surface area contributed by atoms with Gasteiger partial charge in [-0.05, 0) is 30.5 Å². The Morgan fingerprint density at radius 3 is 2.62 bits per heavy atom. The smallest absolute Gasteiger partial charge is 0.243 e. The van der Waals surface area contributed by atoms with E-state index in [1.807, 2.05) is 17.5 Å². The lowest BCUT2D eigenvalue weighted by atomic mass is 10.2. The number of hydrogen-bond donors (Lipinski definition) is 1. The molecule has 2 aromatic rings. The van der Waals surface area contributed by atoms with Crippen LogP contribution in [0.2, 0.25) is 0 Å². The van der Waals surface area contributed by atoms with E-state index in [1.54, 1.807) is 6.92 Å². The highest BCUT2D eigenvalue weighted by Gasteiger charge is 2.25. The molecule has 0 aliphatic heterocycles. The molecule has 2 N–H and O–H groups in total. The van der Waals surface area contributed by atoms with E-state index in [9.17, 15) is 12.8 Å². The van der Waals surface area contributed by atoms with Gasteiger partial charge in [-0.3, -0.25) is 0 Å². The van der Waals surface area contributed by atoms with E-state index in [0.717, 1.165) is 10.9 Å². The van der Waals surface area contributed by atoms with Gasteiger partial charge in [0.15, 0.2) is 0 Å². The summed E-state index contributed by atoms with van der Waals surface area (Å²) in [5.41, 5.74) is 6.07. The van der Waals surface area contributed by atoms with Gasteiger partial charge in [0.2, 0.25) is 10.0 Å². The molecular formula is C14H17FN2O2S2. The highest BCUT2D eigenvalue weighted by Crippen LogP contribution is 2.25. The highest BCUT2D eigenvalue weighted by molar-refractivity contribution is 7.89. The predicted octanol–water partition coefficient (Wildman–Crippen LogP) is 2.99. The van der Waals surface area contributed by atoms with E-state index in [0.29, 0.717) is 6.54 Å². The fraction of sp³-hybridized carbons (Fsp3) is 0.286. The van der Waals surface area contributed by atoms with Crippen molar-refractivity contribution in [3.05, 3.63) is 45.9 Å². The second-order valence-electron chi connectivity index (χ2n) is 4.63. The van der Waals surface area contributed by atoms with E-state index in [1.165, 1.54) is 28.6 Å². The van der Waals surface area contributed by atoms with Crippen molar-refractivity contribution in [2.45, 2.75) is 25.3 Å². The molecule has 2 rings (SSSR count). The number of nitrogen functional groups attached to an aromatic ring is 1. The van der Waals surface area contributed by atoms with Gasteiger partial charge in [0.1, 0.15) is 5.82 Å². The SMILES string of the molecule is CCN(Cc1cccs1)S(=O)(=O)c1cc(N)c(C)c(F)c1. The number of halogens is 1. The van der Waals surface area contributed by atoms with Gasteiger partial charge in [-0.25, -0.2) is 12.8 Å². The summed E-state index contributed by atoms with van der Waals surface area (Å²) in [6, 6.07) is 6.07. The summed E-state index contributed by atoms with van der Waals surface area (Å²) < 4.78 is 40.3. The number of sulfonamides is 1. The second-order valence-corrected chi connectivity index (χ2v) is 7.60. The van der Waals surface area contributed by atoms with Crippen LogP contribution in [0, 0.1) is 12.7 Å².